The fraction of sp³-hybridized carbons (Fsp3) is 0.438. The summed E-state index contributed by atoms with van der Waals surface area (Å²) in [4.78, 5) is 11.8. The van der Waals surface area contributed by atoms with E-state index in [1.165, 1.54) is 24.3 Å². The minimum Gasteiger partial charge on any atom is -0.410 e. The second-order valence-electron chi connectivity index (χ2n) is 5.98. The van der Waals surface area contributed by atoms with E-state index in [9.17, 15) is 17.6 Å². The molecule has 2 rings (SSSR count). The maximum Gasteiger partial charge on any atom is 0.335 e. The third-order valence-corrected chi connectivity index (χ3v) is 5.14. The molecule has 2 aromatic rings. The summed E-state index contributed by atoms with van der Waals surface area (Å²) in [5.41, 5.74) is 0.00285. The van der Waals surface area contributed by atoms with Crippen molar-refractivity contribution in [3.63, 3.8) is 0 Å². The number of halogens is 2. The standard InChI is InChI=1S/C16H19ClFN3O4S/c1-10(2)14(19-13(22)7-8-17)15-20-21-16(25-15)26(23,24)9-11-5-3-4-6-12(11)18/h3-6,10,14H,7-9H2,1-2H3,(H,19,22)/t14-/m0/s1. The van der Waals surface area contributed by atoms with Crippen LogP contribution in [0.15, 0.2) is 33.9 Å². The van der Waals surface area contributed by atoms with Crippen molar-refractivity contribution in [2.45, 2.75) is 37.3 Å². The van der Waals surface area contributed by atoms with Gasteiger partial charge in [-0.15, -0.1) is 16.7 Å². The van der Waals surface area contributed by atoms with E-state index in [1.807, 2.05) is 13.8 Å². The third kappa shape index (κ3) is 5.01. The zero-order valence-corrected chi connectivity index (χ0v) is 15.8. The lowest BCUT2D eigenvalue weighted by Crippen LogP contribution is -2.32. The average molecular weight is 404 g/mol. The van der Waals surface area contributed by atoms with Crippen molar-refractivity contribution in [3.8, 4) is 0 Å². The molecule has 0 aliphatic heterocycles. The van der Waals surface area contributed by atoms with E-state index in [1.54, 1.807) is 0 Å². The van der Waals surface area contributed by atoms with Crippen molar-refractivity contribution in [2.24, 2.45) is 5.92 Å². The SMILES string of the molecule is CC(C)[C@H](NC(=O)CCCl)c1nnc(S(=O)(=O)Cc2ccccc2F)o1. The molecule has 1 aromatic heterocycles. The van der Waals surface area contributed by atoms with Crippen LogP contribution in [0.3, 0.4) is 0 Å². The molecule has 0 saturated heterocycles. The summed E-state index contributed by atoms with van der Waals surface area (Å²) in [6.45, 7) is 3.62. The smallest absolute Gasteiger partial charge is 0.335 e. The van der Waals surface area contributed by atoms with E-state index >= 15 is 0 Å². The maximum atomic E-state index is 13.7. The summed E-state index contributed by atoms with van der Waals surface area (Å²) in [7, 11) is -4.03. The van der Waals surface area contributed by atoms with Crippen LogP contribution in [0.1, 0.15) is 37.8 Å². The van der Waals surface area contributed by atoms with Crippen molar-refractivity contribution < 1.29 is 22.0 Å². The molecule has 7 nitrogen and oxygen atoms in total. The first-order chi connectivity index (χ1) is 12.2. The normalized spacial score (nSPS) is 13.0. The van der Waals surface area contributed by atoms with Gasteiger partial charge in [0, 0.05) is 17.9 Å². The molecule has 1 atom stereocenters. The molecule has 1 N–H and O–H groups in total. The van der Waals surface area contributed by atoms with Crippen LogP contribution in [0.5, 0.6) is 0 Å². The van der Waals surface area contributed by atoms with Crippen LogP contribution in [0.2, 0.25) is 0 Å². The van der Waals surface area contributed by atoms with Gasteiger partial charge >= 0.3 is 5.22 Å². The molecule has 0 radical (unpaired) electrons. The van der Waals surface area contributed by atoms with Gasteiger partial charge in [0.25, 0.3) is 0 Å². The highest BCUT2D eigenvalue weighted by Gasteiger charge is 2.29. The van der Waals surface area contributed by atoms with Crippen LogP contribution in [-0.2, 0) is 20.4 Å². The first-order valence-corrected chi connectivity index (χ1v) is 10.1. The lowest BCUT2D eigenvalue weighted by atomic mass is 10.0. The van der Waals surface area contributed by atoms with Gasteiger partial charge in [0.15, 0.2) is 0 Å². The van der Waals surface area contributed by atoms with E-state index < -0.39 is 32.7 Å². The van der Waals surface area contributed by atoms with Gasteiger partial charge < -0.3 is 9.73 Å². The largest absolute Gasteiger partial charge is 0.410 e. The number of benzene rings is 1. The minimum absolute atomic E-state index is 0.00285. The Morgan fingerprint density at radius 1 is 1.31 bits per heavy atom. The molecule has 0 unspecified atom stereocenters. The topological polar surface area (TPSA) is 102 Å². The van der Waals surface area contributed by atoms with Gasteiger partial charge in [-0.1, -0.05) is 37.1 Å². The van der Waals surface area contributed by atoms with Crippen molar-refractivity contribution >= 4 is 27.3 Å². The monoisotopic (exact) mass is 403 g/mol. The van der Waals surface area contributed by atoms with Gasteiger partial charge in [0.05, 0.1) is 5.75 Å². The molecule has 142 valence electrons. The lowest BCUT2D eigenvalue weighted by Gasteiger charge is -2.18. The zero-order valence-electron chi connectivity index (χ0n) is 14.3. The fourth-order valence-corrected chi connectivity index (χ4v) is 3.51. The molecule has 1 heterocycles. The Morgan fingerprint density at radius 3 is 2.62 bits per heavy atom. The average Bonchev–Trinajstić information content (AvgIpc) is 3.05. The highest BCUT2D eigenvalue weighted by Crippen LogP contribution is 2.24. The number of aromatic nitrogens is 2. The molecule has 0 fully saturated rings. The summed E-state index contributed by atoms with van der Waals surface area (Å²) >= 11 is 5.54. The number of hydrogen-bond acceptors (Lipinski definition) is 6. The van der Waals surface area contributed by atoms with E-state index in [2.05, 4.69) is 15.5 Å². The molecule has 0 saturated carbocycles. The fourth-order valence-electron chi connectivity index (χ4n) is 2.20. The van der Waals surface area contributed by atoms with Gasteiger partial charge in [0.1, 0.15) is 11.9 Å². The molecule has 0 aliphatic rings. The predicted octanol–water partition coefficient (Wildman–Crippen LogP) is 2.62. The maximum absolute atomic E-state index is 13.7. The summed E-state index contributed by atoms with van der Waals surface area (Å²) in [6, 6.07) is 4.88. The van der Waals surface area contributed by atoms with E-state index in [4.69, 9.17) is 16.0 Å². The van der Waals surface area contributed by atoms with Crippen molar-refractivity contribution in [1.29, 1.82) is 0 Å². The van der Waals surface area contributed by atoms with E-state index in [-0.39, 0.29) is 35.6 Å². The predicted molar refractivity (Wildman–Crippen MR) is 92.6 cm³/mol. The second-order valence-corrected chi connectivity index (χ2v) is 8.23. The molecule has 0 spiro atoms. The van der Waals surface area contributed by atoms with Crippen LogP contribution in [0.4, 0.5) is 4.39 Å². The Morgan fingerprint density at radius 2 is 2.00 bits per heavy atom. The third-order valence-electron chi connectivity index (χ3n) is 3.56. The second kappa shape index (κ2) is 8.59. The van der Waals surface area contributed by atoms with Gasteiger partial charge in [-0.25, -0.2) is 12.8 Å². The van der Waals surface area contributed by atoms with Crippen molar-refractivity contribution in [1.82, 2.24) is 15.5 Å². The zero-order chi connectivity index (χ0) is 19.3. The quantitative estimate of drug-likeness (QED) is 0.680. The Kier molecular flexibility index (Phi) is 6.71. The molecular formula is C16H19ClFN3O4S. The van der Waals surface area contributed by atoms with E-state index in [0.717, 1.165) is 0 Å². The molecule has 26 heavy (non-hydrogen) atoms. The highest BCUT2D eigenvalue weighted by atomic mass is 35.5. The van der Waals surface area contributed by atoms with Gasteiger partial charge in [-0.2, -0.15) is 0 Å². The van der Waals surface area contributed by atoms with Crippen molar-refractivity contribution in [2.75, 3.05) is 5.88 Å². The number of carbonyl (C=O) groups is 1. The van der Waals surface area contributed by atoms with Crippen molar-refractivity contribution in [3.05, 3.63) is 41.5 Å². The summed E-state index contributed by atoms with van der Waals surface area (Å²) in [5.74, 6) is -1.56. The number of alkyl halides is 1. The van der Waals surface area contributed by atoms with Crippen LogP contribution in [-0.4, -0.2) is 30.4 Å². The first kappa shape index (κ1) is 20.3. The lowest BCUT2D eigenvalue weighted by molar-refractivity contribution is -0.122. The summed E-state index contributed by atoms with van der Waals surface area (Å²) < 4.78 is 43.8. The summed E-state index contributed by atoms with van der Waals surface area (Å²) in [6.07, 6.45) is 0.108. The Bertz CT molecular complexity index is 870. The Hall–Kier alpha value is -2.00. The van der Waals surface area contributed by atoms with Crippen LogP contribution >= 0.6 is 11.6 Å². The number of nitrogens with one attached hydrogen (secondary N) is 1. The van der Waals surface area contributed by atoms with Gasteiger partial charge in [0.2, 0.25) is 21.6 Å². The molecule has 1 aromatic carbocycles. The molecule has 0 aliphatic carbocycles. The van der Waals surface area contributed by atoms with E-state index in [0.29, 0.717) is 0 Å². The van der Waals surface area contributed by atoms with Crippen LogP contribution in [0.25, 0.3) is 0 Å². The number of rotatable bonds is 8. The van der Waals surface area contributed by atoms with Crippen LogP contribution in [0, 0.1) is 11.7 Å². The molecular weight excluding hydrogens is 385 g/mol. The molecule has 1 amide bonds. The molecule has 10 heteroatoms. The van der Waals surface area contributed by atoms with Gasteiger partial charge in [-0.05, 0) is 12.0 Å². The Balaban J connectivity index is 2.23. The minimum atomic E-state index is -4.03. The Labute approximate surface area is 155 Å². The number of hydrogen-bond donors (Lipinski definition) is 1. The number of nitrogens with zero attached hydrogens (tertiary/aromatic N) is 2. The summed E-state index contributed by atoms with van der Waals surface area (Å²) in [5, 5.41) is 9.38. The van der Waals surface area contributed by atoms with Crippen LogP contribution < -0.4 is 5.32 Å². The number of amides is 1. The molecule has 0 bridgehead atoms. The number of sulfone groups is 1. The highest BCUT2D eigenvalue weighted by molar-refractivity contribution is 7.90. The van der Waals surface area contributed by atoms with Gasteiger partial charge in [-0.3, -0.25) is 4.79 Å². The number of carbonyl (C=O) groups excluding carboxylic acids is 1. The first-order valence-electron chi connectivity index (χ1n) is 7.89.